The van der Waals surface area contributed by atoms with Crippen molar-refractivity contribution < 1.29 is 4.79 Å². The SMILES string of the molecule is Cc1ccc(NCCC(=O)C23CC4CC(CC(C4)C2)C3)cc1C. The number of carbonyl (C=O) groups is 1. The summed E-state index contributed by atoms with van der Waals surface area (Å²) in [5, 5.41) is 3.45. The van der Waals surface area contributed by atoms with Gasteiger partial charge in [-0.3, -0.25) is 4.79 Å². The Morgan fingerprint density at radius 2 is 1.65 bits per heavy atom. The number of carbonyl (C=O) groups excluding carboxylic acids is 1. The van der Waals surface area contributed by atoms with Crippen molar-refractivity contribution in [2.75, 3.05) is 11.9 Å². The van der Waals surface area contributed by atoms with Crippen molar-refractivity contribution in [1.29, 1.82) is 0 Å². The van der Waals surface area contributed by atoms with Crippen molar-refractivity contribution in [3.05, 3.63) is 29.3 Å². The summed E-state index contributed by atoms with van der Waals surface area (Å²) in [6, 6.07) is 6.46. The van der Waals surface area contributed by atoms with Crippen LogP contribution in [0.15, 0.2) is 18.2 Å². The van der Waals surface area contributed by atoms with E-state index in [1.807, 2.05) is 0 Å². The second-order valence-corrected chi connectivity index (χ2v) is 8.60. The molecule has 0 unspecified atom stereocenters. The molecule has 5 rings (SSSR count). The lowest BCUT2D eigenvalue weighted by atomic mass is 9.48. The predicted molar refractivity (Wildman–Crippen MR) is 94.6 cm³/mol. The van der Waals surface area contributed by atoms with Crippen molar-refractivity contribution in [3.8, 4) is 0 Å². The Morgan fingerprint density at radius 1 is 1.04 bits per heavy atom. The molecular weight excluding hydrogens is 282 g/mol. The Balaban J connectivity index is 1.36. The Hall–Kier alpha value is -1.31. The van der Waals surface area contributed by atoms with E-state index in [0.29, 0.717) is 12.2 Å². The molecule has 1 aromatic carbocycles. The standard InChI is InChI=1S/C21H29NO/c1-14-3-4-19(7-15(14)2)22-6-5-20(23)21-11-16-8-17(12-21)10-18(9-16)13-21/h3-4,7,16-18,22H,5-6,8-13H2,1-2H3. The fraction of sp³-hybridized carbons (Fsp3) is 0.667. The van der Waals surface area contributed by atoms with Gasteiger partial charge >= 0.3 is 0 Å². The molecule has 0 heterocycles. The summed E-state index contributed by atoms with van der Waals surface area (Å²) in [6.07, 6.45) is 8.51. The average molecular weight is 311 g/mol. The molecule has 4 aliphatic rings. The largest absolute Gasteiger partial charge is 0.385 e. The molecule has 1 N–H and O–H groups in total. The topological polar surface area (TPSA) is 29.1 Å². The zero-order chi connectivity index (χ0) is 16.0. The van der Waals surface area contributed by atoms with Crippen LogP contribution in [0.5, 0.6) is 0 Å². The molecular formula is C21H29NO. The van der Waals surface area contributed by atoms with Gasteiger partial charge in [-0.15, -0.1) is 0 Å². The number of anilines is 1. The monoisotopic (exact) mass is 311 g/mol. The van der Waals surface area contributed by atoms with Crippen molar-refractivity contribution in [2.45, 2.75) is 58.8 Å². The molecule has 0 atom stereocenters. The van der Waals surface area contributed by atoms with E-state index in [0.717, 1.165) is 30.0 Å². The molecule has 0 aliphatic heterocycles. The van der Waals surface area contributed by atoms with Crippen molar-refractivity contribution in [3.63, 3.8) is 0 Å². The maximum absolute atomic E-state index is 13.0. The van der Waals surface area contributed by atoms with E-state index in [9.17, 15) is 4.79 Å². The van der Waals surface area contributed by atoms with E-state index < -0.39 is 0 Å². The second-order valence-electron chi connectivity index (χ2n) is 8.60. The zero-order valence-electron chi connectivity index (χ0n) is 14.5. The maximum atomic E-state index is 13.0. The van der Waals surface area contributed by atoms with E-state index in [-0.39, 0.29) is 5.41 Å². The number of Topliss-reactive ketones (excluding diaryl/α,β-unsaturated/α-hetero) is 1. The Labute approximate surface area is 140 Å². The van der Waals surface area contributed by atoms with E-state index in [1.165, 1.54) is 49.7 Å². The Bertz CT molecular complexity index is 583. The van der Waals surface area contributed by atoms with Crippen LogP contribution in [0.4, 0.5) is 5.69 Å². The maximum Gasteiger partial charge on any atom is 0.140 e. The van der Waals surface area contributed by atoms with Crippen LogP contribution in [-0.2, 0) is 4.79 Å². The van der Waals surface area contributed by atoms with Gasteiger partial charge in [0.25, 0.3) is 0 Å². The average Bonchev–Trinajstić information content (AvgIpc) is 2.49. The van der Waals surface area contributed by atoms with Gasteiger partial charge in [-0.25, -0.2) is 0 Å². The number of rotatable bonds is 5. The molecule has 0 spiro atoms. The normalized spacial score (nSPS) is 34.6. The lowest BCUT2D eigenvalue weighted by Gasteiger charge is -2.56. The molecule has 23 heavy (non-hydrogen) atoms. The van der Waals surface area contributed by atoms with Gasteiger partial charge in [0.15, 0.2) is 0 Å². The lowest BCUT2D eigenvalue weighted by molar-refractivity contribution is -0.143. The molecule has 0 radical (unpaired) electrons. The highest BCUT2D eigenvalue weighted by Gasteiger charge is 2.53. The molecule has 4 saturated carbocycles. The van der Waals surface area contributed by atoms with Gasteiger partial charge in [0.05, 0.1) is 0 Å². The highest BCUT2D eigenvalue weighted by molar-refractivity contribution is 5.85. The molecule has 4 bridgehead atoms. The van der Waals surface area contributed by atoms with Crippen molar-refractivity contribution >= 4 is 11.5 Å². The van der Waals surface area contributed by atoms with Gasteiger partial charge in [0, 0.05) is 24.1 Å². The number of hydrogen-bond acceptors (Lipinski definition) is 2. The highest BCUT2D eigenvalue weighted by Crippen LogP contribution is 2.60. The zero-order valence-corrected chi connectivity index (χ0v) is 14.5. The lowest BCUT2D eigenvalue weighted by Crippen LogP contribution is -2.50. The molecule has 0 saturated heterocycles. The highest BCUT2D eigenvalue weighted by atomic mass is 16.1. The summed E-state index contributed by atoms with van der Waals surface area (Å²) in [5.41, 5.74) is 3.84. The van der Waals surface area contributed by atoms with Gasteiger partial charge in [-0.05, 0) is 93.4 Å². The van der Waals surface area contributed by atoms with Gasteiger partial charge in [0.1, 0.15) is 5.78 Å². The minimum absolute atomic E-state index is 0.0691. The second kappa shape index (κ2) is 5.65. The number of nitrogens with one attached hydrogen (secondary N) is 1. The van der Waals surface area contributed by atoms with Crippen LogP contribution in [0.25, 0.3) is 0 Å². The molecule has 4 fully saturated rings. The van der Waals surface area contributed by atoms with E-state index in [4.69, 9.17) is 0 Å². The van der Waals surface area contributed by atoms with E-state index in [2.05, 4.69) is 37.4 Å². The summed E-state index contributed by atoms with van der Waals surface area (Å²) in [4.78, 5) is 13.0. The molecule has 2 heteroatoms. The molecule has 4 aliphatic carbocycles. The predicted octanol–water partition coefficient (Wildman–Crippen LogP) is 4.89. The molecule has 1 aromatic rings. The van der Waals surface area contributed by atoms with Crippen LogP contribution < -0.4 is 5.32 Å². The number of aryl methyl sites for hydroxylation is 2. The smallest absolute Gasteiger partial charge is 0.140 e. The Kier molecular flexibility index (Phi) is 3.74. The first-order chi connectivity index (χ1) is 11.0. The molecule has 124 valence electrons. The quantitative estimate of drug-likeness (QED) is 0.838. The van der Waals surface area contributed by atoms with Crippen LogP contribution in [0.3, 0.4) is 0 Å². The van der Waals surface area contributed by atoms with Crippen LogP contribution in [0.2, 0.25) is 0 Å². The molecule has 0 aromatic heterocycles. The number of ketones is 1. The summed E-state index contributed by atoms with van der Waals surface area (Å²) >= 11 is 0. The van der Waals surface area contributed by atoms with Gasteiger partial charge in [-0.2, -0.15) is 0 Å². The third kappa shape index (κ3) is 2.81. The van der Waals surface area contributed by atoms with Crippen LogP contribution in [0.1, 0.15) is 56.1 Å². The Morgan fingerprint density at radius 3 is 2.22 bits per heavy atom. The van der Waals surface area contributed by atoms with Gasteiger partial charge < -0.3 is 5.32 Å². The molecule has 2 nitrogen and oxygen atoms in total. The summed E-state index contributed by atoms with van der Waals surface area (Å²) in [7, 11) is 0. The fourth-order valence-corrected chi connectivity index (χ4v) is 5.89. The van der Waals surface area contributed by atoms with Crippen molar-refractivity contribution in [2.24, 2.45) is 23.2 Å². The van der Waals surface area contributed by atoms with E-state index in [1.54, 1.807) is 0 Å². The van der Waals surface area contributed by atoms with Crippen LogP contribution in [-0.4, -0.2) is 12.3 Å². The minimum Gasteiger partial charge on any atom is -0.385 e. The number of benzene rings is 1. The first-order valence-electron chi connectivity index (χ1n) is 9.38. The van der Waals surface area contributed by atoms with Crippen LogP contribution in [0, 0.1) is 37.0 Å². The summed E-state index contributed by atoms with van der Waals surface area (Å²) in [5.74, 6) is 3.13. The van der Waals surface area contributed by atoms with E-state index >= 15 is 0 Å². The first-order valence-corrected chi connectivity index (χ1v) is 9.38. The fourth-order valence-electron chi connectivity index (χ4n) is 5.89. The van der Waals surface area contributed by atoms with Gasteiger partial charge in [0.2, 0.25) is 0 Å². The third-order valence-corrected chi connectivity index (χ3v) is 6.82. The number of hydrogen-bond donors (Lipinski definition) is 1. The van der Waals surface area contributed by atoms with Gasteiger partial charge in [-0.1, -0.05) is 6.07 Å². The summed E-state index contributed by atoms with van der Waals surface area (Å²) in [6.45, 7) is 5.06. The minimum atomic E-state index is 0.0691. The van der Waals surface area contributed by atoms with Crippen LogP contribution >= 0.6 is 0 Å². The first kappa shape index (κ1) is 15.2. The van der Waals surface area contributed by atoms with Crippen molar-refractivity contribution in [1.82, 2.24) is 0 Å². The summed E-state index contributed by atoms with van der Waals surface area (Å²) < 4.78 is 0. The molecule has 0 amide bonds. The third-order valence-electron chi connectivity index (χ3n) is 6.82.